The maximum atomic E-state index is 12.3. The summed E-state index contributed by atoms with van der Waals surface area (Å²) in [5, 5.41) is 0. The molecule has 1 heterocycles. The minimum Gasteiger partial charge on any atom is -0.369 e. The number of aromatic nitrogens is 1. The first kappa shape index (κ1) is 46.9. The normalized spacial score (nSPS) is 16.3. The smallest absolute Gasteiger partial charge is 0.232 e. The topological polar surface area (TPSA) is 175 Å². The van der Waals surface area contributed by atoms with Gasteiger partial charge in [0.15, 0.2) is 40.5 Å². The summed E-state index contributed by atoms with van der Waals surface area (Å²) in [6, 6.07) is 41.3. The molecular formula is C59H46N2O8. The zero-order valence-electron chi connectivity index (χ0n) is 38.4. The van der Waals surface area contributed by atoms with Crippen molar-refractivity contribution in [3.8, 4) is 0 Å². The molecule has 1 aromatic heterocycles. The quantitative estimate of drug-likeness (QED) is 0.126. The molecule has 6 aromatic rings. The predicted molar refractivity (Wildman–Crippen MR) is 264 cm³/mol. The van der Waals surface area contributed by atoms with Crippen LogP contribution in [0.25, 0.3) is 22.3 Å². The number of Topliss-reactive ketones (excluding diaryl/α,β-unsaturated/α-hetero) is 7. The Morgan fingerprint density at radius 1 is 0.522 bits per heavy atom. The molecule has 10 nitrogen and oxygen atoms in total. The van der Waals surface area contributed by atoms with E-state index >= 15 is 0 Å². The standard InChI is InChI=1S/C17H12O2.C16H11NO2.C14H12O2.C12H11NO2/c1-11(18)15-16(12-7-3-2-4-8-12)13-9-5-6-10-14(13)17(15)19;1-10(18)14-15(11-5-3-2-4-6-11)12-7-8-17-9-13(12)16(14)19;1-8(15)12-10-6-2-4-9-5-3-7-11(13(9)10)14(12)16;1-2-7-8-5-3-4-6-9(8)11(14)10(7)12(13)15/h2-10H,1H3;2-9H,1H3;3,5,7H,2,4,6H2,1H3;2-6,10H,1H3,(H2,13,15). The first-order chi connectivity index (χ1) is 33.3. The molecular weight excluding hydrogens is 865 g/mol. The molecule has 69 heavy (non-hydrogen) atoms. The van der Waals surface area contributed by atoms with Gasteiger partial charge in [-0.2, -0.15) is 0 Å². The Morgan fingerprint density at radius 3 is 1.55 bits per heavy atom. The van der Waals surface area contributed by atoms with Gasteiger partial charge in [-0.25, -0.2) is 0 Å². The van der Waals surface area contributed by atoms with Crippen LogP contribution in [-0.2, 0) is 25.6 Å². The second kappa shape index (κ2) is 19.7. The van der Waals surface area contributed by atoms with Gasteiger partial charge in [-0.3, -0.25) is 43.3 Å². The Bertz CT molecular complexity index is 3210. The number of primary amides is 1. The number of hydrogen-bond acceptors (Lipinski definition) is 9. The lowest BCUT2D eigenvalue weighted by Gasteiger charge is -2.17. The van der Waals surface area contributed by atoms with Crippen molar-refractivity contribution in [2.24, 2.45) is 11.7 Å². The van der Waals surface area contributed by atoms with Crippen LogP contribution in [0.15, 0.2) is 169 Å². The minimum absolute atomic E-state index is 0.0683. The number of benzene rings is 5. The fraction of sp³-hybridized carbons (Fsp3) is 0.136. The van der Waals surface area contributed by atoms with Crippen molar-refractivity contribution in [1.82, 2.24) is 4.98 Å². The Balaban J connectivity index is 0.000000125. The Hall–Kier alpha value is -8.63. The maximum absolute atomic E-state index is 12.3. The van der Waals surface area contributed by atoms with Gasteiger partial charge >= 0.3 is 0 Å². The van der Waals surface area contributed by atoms with Crippen molar-refractivity contribution < 1.29 is 38.4 Å². The molecule has 0 radical (unpaired) electrons. The molecule has 1 unspecified atom stereocenters. The van der Waals surface area contributed by atoms with E-state index in [9.17, 15) is 38.4 Å². The summed E-state index contributed by atoms with van der Waals surface area (Å²) in [5.41, 5.74) is 18.4. The highest BCUT2D eigenvalue weighted by molar-refractivity contribution is 6.37. The molecule has 0 saturated carbocycles. The number of nitrogens with zero attached hydrogens (tertiary/aromatic N) is 1. The average molecular weight is 911 g/mol. The largest absolute Gasteiger partial charge is 0.369 e. The number of amides is 1. The number of allylic oxidation sites excluding steroid dienone is 5. The number of ketones is 7. The van der Waals surface area contributed by atoms with Gasteiger partial charge in [0.1, 0.15) is 5.92 Å². The van der Waals surface area contributed by atoms with Crippen molar-refractivity contribution in [2.75, 3.05) is 0 Å². The lowest BCUT2D eigenvalue weighted by molar-refractivity contribution is -0.119. The molecule has 1 amide bonds. The summed E-state index contributed by atoms with van der Waals surface area (Å²) in [4.78, 5) is 99.0. The van der Waals surface area contributed by atoms with E-state index in [0.29, 0.717) is 27.8 Å². The van der Waals surface area contributed by atoms with Crippen LogP contribution in [0.5, 0.6) is 0 Å². The van der Waals surface area contributed by atoms with E-state index in [0.717, 1.165) is 80.5 Å². The van der Waals surface area contributed by atoms with Gasteiger partial charge in [0.25, 0.3) is 0 Å². The van der Waals surface area contributed by atoms with E-state index in [1.54, 1.807) is 43.5 Å². The molecule has 0 aliphatic heterocycles. The zero-order chi connectivity index (χ0) is 49.1. The molecule has 1 atom stereocenters. The van der Waals surface area contributed by atoms with Gasteiger partial charge in [-0.05, 0) is 103 Å². The summed E-state index contributed by atoms with van der Waals surface area (Å²) in [6.45, 7) is 6.17. The summed E-state index contributed by atoms with van der Waals surface area (Å²) >= 11 is 0. The number of carbonyl (C=O) groups is 8. The zero-order valence-corrected chi connectivity index (χ0v) is 38.4. The summed E-state index contributed by atoms with van der Waals surface area (Å²) < 4.78 is 0. The summed E-state index contributed by atoms with van der Waals surface area (Å²) in [6.07, 6.45) is 7.86. The number of pyridine rings is 1. The van der Waals surface area contributed by atoms with Crippen LogP contribution in [-0.4, -0.2) is 51.4 Å². The van der Waals surface area contributed by atoms with E-state index in [1.165, 1.54) is 32.5 Å². The van der Waals surface area contributed by atoms with Crippen molar-refractivity contribution in [3.63, 3.8) is 0 Å². The van der Waals surface area contributed by atoms with Gasteiger partial charge in [0.2, 0.25) is 5.91 Å². The predicted octanol–water partition coefficient (Wildman–Crippen LogP) is 9.89. The second-order valence-corrected chi connectivity index (χ2v) is 16.9. The molecule has 11 rings (SSSR count). The third-order valence-electron chi connectivity index (χ3n) is 12.7. The van der Waals surface area contributed by atoms with E-state index in [2.05, 4.69) is 11.1 Å². The molecule has 0 fully saturated rings. The van der Waals surface area contributed by atoms with Gasteiger partial charge in [-0.1, -0.05) is 133 Å². The molecule has 10 heteroatoms. The van der Waals surface area contributed by atoms with E-state index in [-0.39, 0.29) is 46.1 Å². The van der Waals surface area contributed by atoms with E-state index in [1.807, 2.05) is 103 Å². The molecule has 340 valence electrons. The first-order valence-electron chi connectivity index (χ1n) is 22.5. The Labute approximate surface area is 399 Å². The van der Waals surface area contributed by atoms with Crippen molar-refractivity contribution >= 4 is 68.7 Å². The highest BCUT2D eigenvalue weighted by Gasteiger charge is 2.39. The number of aryl methyl sites for hydroxylation is 1. The second-order valence-electron chi connectivity index (χ2n) is 16.9. The van der Waals surface area contributed by atoms with Crippen LogP contribution in [0.3, 0.4) is 0 Å². The third-order valence-corrected chi connectivity index (χ3v) is 12.7. The van der Waals surface area contributed by atoms with Crippen molar-refractivity contribution in [3.05, 3.63) is 230 Å². The maximum Gasteiger partial charge on any atom is 0.232 e. The molecule has 0 saturated heterocycles. The molecule has 2 N–H and O–H groups in total. The lowest BCUT2D eigenvalue weighted by Crippen LogP contribution is -2.27. The van der Waals surface area contributed by atoms with Gasteiger partial charge in [0, 0.05) is 45.8 Å². The first-order valence-corrected chi connectivity index (χ1v) is 22.5. The van der Waals surface area contributed by atoms with Crippen LogP contribution in [0.4, 0.5) is 0 Å². The minimum atomic E-state index is -0.799. The Kier molecular flexibility index (Phi) is 13.4. The van der Waals surface area contributed by atoms with Crippen LogP contribution in [0, 0.1) is 5.92 Å². The monoisotopic (exact) mass is 910 g/mol. The fourth-order valence-corrected chi connectivity index (χ4v) is 9.77. The number of rotatable bonds is 6. The van der Waals surface area contributed by atoms with Crippen molar-refractivity contribution in [2.45, 2.75) is 47.0 Å². The number of fused-ring (bicyclic) bond motifs is 3. The summed E-state index contributed by atoms with van der Waals surface area (Å²) in [7, 11) is 0. The van der Waals surface area contributed by atoms with Crippen LogP contribution in [0.1, 0.15) is 121 Å². The lowest BCUT2D eigenvalue weighted by atomic mass is 9.87. The molecule has 5 aliphatic rings. The highest BCUT2D eigenvalue weighted by Crippen LogP contribution is 2.43. The molecule has 0 spiro atoms. The SMILES string of the molecule is CC(=O)C1=C(c2ccccc2)c2ccccc2C1=O.CC(=O)C1=C(c2ccccc2)c2ccncc2C1=O.CC(=O)C1=C2CCCc3cccc(c32)C1=O.CC=C1c2ccccc2C(=O)C1C(N)=O. The average Bonchev–Trinajstić information content (AvgIpc) is 4.04. The highest BCUT2D eigenvalue weighted by atomic mass is 16.2. The number of hydrogen-bond donors (Lipinski definition) is 1. The van der Waals surface area contributed by atoms with Crippen LogP contribution < -0.4 is 5.73 Å². The van der Waals surface area contributed by atoms with E-state index < -0.39 is 11.8 Å². The van der Waals surface area contributed by atoms with Crippen molar-refractivity contribution in [1.29, 1.82) is 0 Å². The van der Waals surface area contributed by atoms with E-state index in [4.69, 9.17) is 5.73 Å². The summed E-state index contributed by atoms with van der Waals surface area (Å²) in [5.74, 6) is -2.51. The molecule has 5 aliphatic carbocycles. The molecule has 0 bridgehead atoms. The van der Waals surface area contributed by atoms with Crippen LogP contribution in [0.2, 0.25) is 0 Å². The van der Waals surface area contributed by atoms with Gasteiger partial charge in [0.05, 0.1) is 16.7 Å². The van der Waals surface area contributed by atoms with Gasteiger partial charge < -0.3 is 5.73 Å². The van der Waals surface area contributed by atoms with Gasteiger partial charge in [-0.15, -0.1) is 0 Å². The Morgan fingerprint density at radius 2 is 1.00 bits per heavy atom. The molecule has 5 aromatic carbocycles. The van der Waals surface area contributed by atoms with Crippen LogP contribution >= 0.6 is 0 Å². The third kappa shape index (κ3) is 8.64. The number of carbonyl (C=O) groups excluding carboxylic acids is 8. The number of nitrogens with two attached hydrogens (primary N) is 1. The fourth-order valence-electron chi connectivity index (χ4n) is 9.77.